The molecule has 31 heavy (non-hydrogen) atoms. The zero-order valence-corrected chi connectivity index (χ0v) is 17.7. The minimum absolute atomic E-state index is 0.107. The number of pyridine rings is 1. The number of nitrogens with one attached hydrogen (secondary N) is 1. The van der Waals surface area contributed by atoms with Crippen LogP contribution in [0.1, 0.15) is 23.6 Å². The minimum Gasteiger partial charge on any atom is -0.352 e. The van der Waals surface area contributed by atoms with Crippen LogP contribution in [0.5, 0.6) is 0 Å². The molecular weight excluding hydrogens is 412 g/mol. The van der Waals surface area contributed by atoms with Gasteiger partial charge >= 0.3 is 0 Å². The number of hydrogen-bond donors (Lipinski definition) is 1. The van der Waals surface area contributed by atoms with Gasteiger partial charge < -0.3 is 5.32 Å². The Labute approximate surface area is 182 Å². The molecule has 4 heterocycles. The maximum atomic E-state index is 13.2. The van der Waals surface area contributed by atoms with Crippen LogP contribution in [0.3, 0.4) is 0 Å². The normalized spacial score (nSPS) is 15.2. The molecule has 8 nitrogen and oxygen atoms in total. The highest BCUT2D eigenvalue weighted by molar-refractivity contribution is 7.99. The third kappa shape index (κ3) is 3.61. The van der Waals surface area contributed by atoms with Crippen molar-refractivity contribution >= 4 is 28.7 Å². The fourth-order valence-corrected chi connectivity index (χ4v) is 4.88. The number of aryl methyl sites for hydroxylation is 1. The maximum Gasteiger partial charge on any atom is 0.265 e. The Morgan fingerprint density at radius 1 is 1.23 bits per heavy atom. The SMILES string of the molecule is Cc1ccccc1-n1ncc2c(=O)n3c(nc21)SCC3CC(=O)NCc1cccnc1. The van der Waals surface area contributed by atoms with E-state index in [1.165, 1.54) is 11.8 Å². The lowest BCUT2D eigenvalue weighted by Gasteiger charge is -2.13. The second kappa shape index (κ2) is 7.99. The van der Waals surface area contributed by atoms with E-state index in [0.717, 1.165) is 16.8 Å². The van der Waals surface area contributed by atoms with Crippen molar-refractivity contribution in [1.29, 1.82) is 0 Å². The van der Waals surface area contributed by atoms with E-state index in [4.69, 9.17) is 4.98 Å². The van der Waals surface area contributed by atoms with Gasteiger partial charge in [-0.15, -0.1) is 0 Å². The fraction of sp³-hybridized carbons (Fsp3) is 0.227. The first kappa shape index (κ1) is 19.5. The third-order valence-electron chi connectivity index (χ3n) is 5.35. The molecule has 3 aromatic heterocycles. The van der Waals surface area contributed by atoms with Crippen LogP contribution >= 0.6 is 11.8 Å². The predicted molar refractivity (Wildman–Crippen MR) is 118 cm³/mol. The van der Waals surface area contributed by atoms with Gasteiger partial charge in [0.05, 0.1) is 17.9 Å². The number of hydrogen-bond acceptors (Lipinski definition) is 6. The van der Waals surface area contributed by atoms with Crippen molar-refractivity contribution in [1.82, 2.24) is 29.6 Å². The molecule has 0 fully saturated rings. The molecule has 0 saturated carbocycles. The molecule has 156 valence electrons. The Balaban J connectivity index is 1.41. The molecule has 1 unspecified atom stereocenters. The van der Waals surface area contributed by atoms with Crippen LogP contribution in [0.25, 0.3) is 16.7 Å². The summed E-state index contributed by atoms with van der Waals surface area (Å²) in [6, 6.07) is 11.4. The molecule has 1 aromatic carbocycles. The molecule has 1 amide bonds. The van der Waals surface area contributed by atoms with E-state index in [1.54, 1.807) is 27.8 Å². The van der Waals surface area contributed by atoms with Crippen molar-refractivity contribution < 1.29 is 4.79 Å². The summed E-state index contributed by atoms with van der Waals surface area (Å²) in [6.45, 7) is 2.41. The number of thioether (sulfide) groups is 1. The lowest BCUT2D eigenvalue weighted by atomic mass is 10.2. The molecular formula is C22H20N6O2S. The smallest absolute Gasteiger partial charge is 0.265 e. The maximum absolute atomic E-state index is 13.2. The summed E-state index contributed by atoms with van der Waals surface area (Å²) in [6.07, 6.45) is 5.20. The Kier molecular flexibility index (Phi) is 5.03. The number of rotatable bonds is 5. The standard InChI is InChI=1S/C22H20N6O2S/c1-14-5-2-3-7-18(14)28-20-17(12-25-28)21(30)27-16(13-31-22(27)26-20)9-19(29)24-11-15-6-4-8-23-10-15/h2-8,10,12,16H,9,11,13H2,1H3,(H,24,29). The zero-order chi connectivity index (χ0) is 21.4. The summed E-state index contributed by atoms with van der Waals surface area (Å²) in [4.78, 5) is 34.5. The van der Waals surface area contributed by atoms with Crippen molar-refractivity contribution in [2.45, 2.75) is 31.1 Å². The lowest BCUT2D eigenvalue weighted by molar-refractivity contribution is -0.121. The number of amides is 1. The first-order chi connectivity index (χ1) is 15.1. The Morgan fingerprint density at radius 3 is 2.90 bits per heavy atom. The van der Waals surface area contributed by atoms with E-state index in [9.17, 15) is 9.59 Å². The molecule has 0 aliphatic carbocycles. The third-order valence-corrected chi connectivity index (χ3v) is 6.45. The summed E-state index contributed by atoms with van der Waals surface area (Å²) in [5.41, 5.74) is 3.25. The highest BCUT2D eigenvalue weighted by atomic mass is 32.2. The van der Waals surface area contributed by atoms with E-state index in [-0.39, 0.29) is 23.9 Å². The average Bonchev–Trinajstić information content (AvgIpc) is 3.38. The van der Waals surface area contributed by atoms with Gasteiger partial charge in [0.15, 0.2) is 10.8 Å². The minimum atomic E-state index is -0.236. The van der Waals surface area contributed by atoms with Crippen molar-refractivity contribution in [2.24, 2.45) is 0 Å². The molecule has 0 bridgehead atoms. The van der Waals surface area contributed by atoms with Gasteiger partial charge in [0, 0.05) is 31.1 Å². The van der Waals surface area contributed by atoms with Crippen LogP contribution in [-0.2, 0) is 11.3 Å². The van der Waals surface area contributed by atoms with Crippen LogP contribution in [0.15, 0.2) is 64.9 Å². The number of benzene rings is 1. The monoisotopic (exact) mass is 432 g/mol. The van der Waals surface area contributed by atoms with Gasteiger partial charge in [0.25, 0.3) is 5.56 Å². The Bertz CT molecular complexity index is 1330. The second-order valence-electron chi connectivity index (χ2n) is 7.46. The number of carbonyl (C=O) groups is 1. The first-order valence-electron chi connectivity index (χ1n) is 9.96. The average molecular weight is 433 g/mol. The number of para-hydroxylation sites is 1. The molecule has 1 atom stereocenters. The zero-order valence-electron chi connectivity index (χ0n) is 16.9. The molecule has 1 aliphatic rings. The van der Waals surface area contributed by atoms with Gasteiger partial charge in [0.2, 0.25) is 5.91 Å². The van der Waals surface area contributed by atoms with Crippen LogP contribution < -0.4 is 10.9 Å². The molecule has 0 radical (unpaired) electrons. The fourth-order valence-electron chi connectivity index (χ4n) is 3.75. The Morgan fingerprint density at radius 2 is 2.10 bits per heavy atom. The van der Waals surface area contributed by atoms with E-state index in [1.807, 2.05) is 43.3 Å². The van der Waals surface area contributed by atoms with E-state index in [0.29, 0.717) is 28.5 Å². The van der Waals surface area contributed by atoms with Crippen LogP contribution in [0.2, 0.25) is 0 Å². The van der Waals surface area contributed by atoms with Crippen LogP contribution in [0, 0.1) is 6.92 Å². The van der Waals surface area contributed by atoms with Gasteiger partial charge in [0.1, 0.15) is 5.39 Å². The highest BCUT2D eigenvalue weighted by Gasteiger charge is 2.29. The summed E-state index contributed by atoms with van der Waals surface area (Å²) < 4.78 is 3.35. The summed E-state index contributed by atoms with van der Waals surface area (Å²) in [7, 11) is 0. The van der Waals surface area contributed by atoms with Crippen molar-refractivity contribution in [3.8, 4) is 5.69 Å². The molecule has 0 spiro atoms. The quantitative estimate of drug-likeness (QED) is 0.487. The van der Waals surface area contributed by atoms with Crippen molar-refractivity contribution in [3.63, 3.8) is 0 Å². The summed E-state index contributed by atoms with van der Waals surface area (Å²) in [5, 5.41) is 8.40. The van der Waals surface area contributed by atoms with Gasteiger partial charge in [-0.3, -0.25) is 19.1 Å². The molecule has 1 aliphatic heterocycles. The lowest BCUT2D eigenvalue weighted by Crippen LogP contribution is -2.30. The van der Waals surface area contributed by atoms with E-state index < -0.39 is 0 Å². The van der Waals surface area contributed by atoms with Gasteiger partial charge in [-0.05, 0) is 30.2 Å². The van der Waals surface area contributed by atoms with E-state index in [2.05, 4.69) is 15.4 Å². The number of nitrogens with zero attached hydrogens (tertiary/aromatic N) is 5. The Hall–Kier alpha value is -3.46. The molecule has 1 N–H and O–H groups in total. The van der Waals surface area contributed by atoms with E-state index >= 15 is 0 Å². The molecule has 0 saturated heterocycles. The number of carbonyl (C=O) groups excluding carboxylic acids is 1. The summed E-state index contributed by atoms with van der Waals surface area (Å²) in [5.74, 6) is 0.525. The number of aromatic nitrogens is 5. The first-order valence-corrected chi connectivity index (χ1v) is 10.9. The predicted octanol–water partition coefficient (Wildman–Crippen LogP) is 2.64. The highest BCUT2D eigenvalue weighted by Crippen LogP contribution is 2.33. The second-order valence-corrected chi connectivity index (χ2v) is 8.44. The van der Waals surface area contributed by atoms with Gasteiger partial charge in [-0.1, -0.05) is 36.0 Å². The van der Waals surface area contributed by atoms with Crippen molar-refractivity contribution in [3.05, 3.63) is 76.5 Å². The molecule has 5 rings (SSSR count). The molecule has 4 aromatic rings. The largest absolute Gasteiger partial charge is 0.352 e. The van der Waals surface area contributed by atoms with Gasteiger partial charge in [-0.25, -0.2) is 9.67 Å². The summed E-state index contributed by atoms with van der Waals surface area (Å²) >= 11 is 1.49. The number of fused-ring (bicyclic) bond motifs is 2. The van der Waals surface area contributed by atoms with Crippen molar-refractivity contribution in [2.75, 3.05) is 5.75 Å². The topological polar surface area (TPSA) is 94.7 Å². The van der Waals surface area contributed by atoms with Gasteiger partial charge in [-0.2, -0.15) is 5.10 Å². The van der Waals surface area contributed by atoms with Crippen LogP contribution in [0.4, 0.5) is 0 Å². The molecule has 9 heteroatoms. The van der Waals surface area contributed by atoms with Crippen LogP contribution in [-0.4, -0.2) is 36.0 Å².